The zero-order valence-corrected chi connectivity index (χ0v) is 9.78. The maximum Gasteiger partial charge on any atom is 0.0242 e. The molecule has 0 saturated carbocycles. The number of piperidine rings is 1. The van der Waals surface area contributed by atoms with Gasteiger partial charge in [-0.25, -0.2) is 0 Å². The van der Waals surface area contributed by atoms with Crippen molar-refractivity contribution in [3.63, 3.8) is 0 Å². The van der Waals surface area contributed by atoms with E-state index in [1.165, 1.54) is 42.5 Å². The highest BCUT2D eigenvalue weighted by molar-refractivity contribution is 5.67. The average molecular weight is 213 g/mol. The highest BCUT2D eigenvalue weighted by Gasteiger charge is 2.27. The Hall–Kier alpha value is -1.08. The second-order valence-corrected chi connectivity index (χ2v) is 5.08. The van der Waals surface area contributed by atoms with Gasteiger partial charge in [-0.15, -0.1) is 0 Å². The van der Waals surface area contributed by atoms with E-state index in [-0.39, 0.29) is 0 Å². The molecular formula is C15H19N. The third kappa shape index (κ3) is 1.69. The number of benzene rings is 1. The molecule has 2 aliphatic heterocycles. The number of hydrogen-bond donors (Lipinski definition) is 0. The molecule has 1 fully saturated rings. The maximum atomic E-state index is 4.28. The molecule has 1 aromatic rings. The lowest BCUT2D eigenvalue weighted by molar-refractivity contribution is 0.146. The monoisotopic (exact) mass is 213 g/mol. The molecule has 1 aromatic carbocycles. The molecule has 0 amide bonds. The van der Waals surface area contributed by atoms with Crippen molar-refractivity contribution < 1.29 is 0 Å². The molecule has 2 aliphatic rings. The Kier molecular flexibility index (Phi) is 2.56. The highest BCUT2D eigenvalue weighted by atomic mass is 15.2. The summed E-state index contributed by atoms with van der Waals surface area (Å²) in [5.74, 6) is 0. The summed E-state index contributed by atoms with van der Waals surface area (Å²) in [7, 11) is 0. The van der Waals surface area contributed by atoms with Gasteiger partial charge in [-0.1, -0.05) is 37.3 Å². The fraction of sp³-hybridized carbons (Fsp3) is 0.467. The summed E-state index contributed by atoms with van der Waals surface area (Å²) in [6.07, 6.45) is 5.28. The van der Waals surface area contributed by atoms with Gasteiger partial charge < -0.3 is 0 Å². The molecule has 0 unspecified atom stereocenters. The first-order valence-corrected chi connectivity index (χ1v) is 6.35. The lowest BCUT2D eigenvalue weighted by Crippen LogP contribution is -2.37. The summed E-state index contributed by atoms with van der Waals surface area (Å²) < 4.78 is 0. The largest absolute Gasteiger partial charge is 0.296 e. The van der Waals surface area contributed by atoms with Crippen molar-refractivity contribution in [3.8, 4) is 0 Å². The van der Waals surface area contributed by atoms with Crippen LogP contribution in [0.15, 0.2) is 30.8 Å². The normalized spacial score (nSPS) is 25.8. The average Bonchev–Trinajstić information content (AvgIpc) is 2.45. The molecule has 1 heteroatoms. The Bertz CT molecular complexity index is 408. The topological polar surface area (TPSA) is 3.24 Å². The van der Waals surface area contributed by atoms with E-state index in [9.17, 15) is 0 Å². The molecular weight excluding hydrogens is 194 g/mol. The van der Waals surface area contributed by atoms with E-state index in [2.05, 4.69) is 35.7 Å². The summed E-state index contributed by atoms with van der Waals surface area (Å²) in [6.45, 7) is 6.67. The van der Waals surface area contributed by atoms with Crippen molar-refractivity contribution >= 4 is 5.57 Å². The van der Waals surface area contributed by atoms with E-state index in [1.54, 1.807) is 0 Å². The summed E-state index contributed by atoms with van der Waals surface area (Å²) in [5, 5.41) is 0. The van der Waals surface area contributed by atoms with E-state index < -0.39 is 0 Å². The predicted molar refractivity (Wildman–Crippen MR) is 68.1 cm³/mol. The van der Waals surface area contributed by atoms with Gasteiger partial charge in [0.2, 0.25) is 0 Å². The van der Waals surface area contributed by atoms with Crippen molar-refractivity contribution in [2.45, 2.75) is 38.3 Å². The standard InChI is InChI=1S/C15H19N/c1-12-10-14-7-4-5-9-16(14)11-13-6-2-3-8-15(12)13/h2-3,6,8,14H,1,4-5,7,9-11H2/t14-/m0/s1. The van der Waals surface area contributed by atoms with Crippen LogP contribution >= 0.6 is 0 Å². The second-order valence-electron chi connectivity index (χ2n) is 5.08. The van der Waals surface area contributed by atoms with Gasteiger partial charge in [-0.05, 0) is 42.5 Å². The molecule has 0 aliphatic carbocycles. The Labute approximate surface area is 97.8 Å². The molecule has 2 heterocycles. The van der Waals surface area contributed by atoms with Crippen LogP contribution in [0.25, 0.3) is 5.57 Å². The summed E-state index contributed by atoms with van der Waals surface area (Å²) in [4.78, 5) is 2.65. The lowest BCUT2D eigenvalue weighted by atomic mass is 9.95. The van der Waals surface area contributed by atoms with Crippen molar-refractivity contribution in [1.82, 2.24) is 4.90 Å². The van der Waals surface area contributed by atoms with Crippen molar-refractivity contribution in [3.05, 3.63) is 42.0 Å². The number of hydrogen-bond acceptors (Lipinski definition) is 1. The molecule has 0 spiro atoms. The van der Waals surface area contributed by atoms with Crippen molar-refractivity contribution in [2.75, 3.05) is 6.54 Å². The van der Waals surface area contributed by atoms with Gasteiger partial charge in [0.25, 0.3) is 0 Å². The van der Waals surface area contributed by atoms with Crippen LogP contribution in [0.1, 0.15) is 36.8 Å². The second kappa shape index (κ2) is 4.06. The quantitative estimate of drug-likeness (QED) is 0.638. The molecule has 1 saturated heterocycles. The van der Waals surface area contributed by atoms with Crippen LogP contribution in [0.2, 0.25) is 0 Å². The van der Waals surface area contributed by atoms with Crippen LogP contribution in [-0.4, -0.2) is 17.5 Å². The van der Waals surface area contributed by atoms with Gasteiger partial charge in [0.15, 0.2) is 0 Å². The Morgan fingerprint density at radius 2 is 2.06 bits per heavy atom. The first-order valence-electron chi connectivity index (χ1n) is 6.35. The molecule has 16 heavy (non-hydrogen) atoms. The van der Waals surface area contributed by atoms with Gasteiger partial charge in [0.1, 0.15) is 0 Å². The van der Waals surface area contributed by atoms with Gasteiger partial charge in [-0.2, -0.15) is 0 Å². The minimum Gasteiger partial charge on any atom is -0.296 e. The molecule has 84 valence electrons. The van der Waals surface area contributed by atoms with Crippen LogP contribution in [0.5, 0.6) is 0 Å². The first kappa shape index (κ1) is 10.1. The van der Waals surface area contributed by atoms with Crippen LogP contribution in [0.4, 0.5) is 0 Å². The van der Waals surface area contributed by atoms with E-state index in [1.807, 2.05) is 0 Å². The molecule has 1 nitrogen and oxygen atoms in total. The fourth-order valence-electron chi connectivity index (χ4n) is 3.12. The molecule has 0 radical (unpaired) electrons. The third-order valence-corrected chi connectivity index (χ3v) is 4.00. The van der Waals surface area contributed by atoms with E-state index in [0.29, 0.717) is 0 Å². The van der Waals surface area contributed by atoms with Crippen LogP contribution in [-0.2, 0) is 6.54 Å². The highest BCUT2D eigenvalue weighted by Crippen LogP contribution is 2.33. The van der Waals surface area contributed by atoms with Gasteiger partial charge in [-0.3, -0.25) is 4.90 Å². The molecule has 3 rings (SSSR count). The summed E-state index contributed by atoms with van der Waals surface area (Å²) in [6, 6.07) is 9.52. The minimum atomic E-state index is 0.744. The maximum absolute atomic E-state index is 4.28. The van der Waals surface area contributed by atoms with Gasteiger partial charge in [0.05, 0.1) is 0 Å². The third-order valence-electron chi connectivity index (χ3n) is 4.00. The summed E-state index contributed by atoms with van der Waals surface area (Å²) in [5.41, 5.74) is 4.21. The van der Waals surface area contributed by atoms with Crippen LogP contribution < -0.4 is 0 Å². The number of rotatable bonds is 0. The molecule has 0 aromatic heterocycles. The van der Waals surface area contributed by atoms with Crippen LogP contribution in [0.3, 0.4) is 0 Å². The number of nitrogens with zero attached hydrogens (tertiary/aromatic N) is 1. The molecule has 1 atom stereocenters. The van der Waals surface area contributed by atoms with Crippen LogP contribution in [0, 0.1) is 0 Å². The predicted octanol–water partition coefficient (Wildman–Crippen LogP) is 3.46. The fourth-order valence-corrected chi connectivity index (χ4v) is 3.12. The van der Waals surface area contributed by atoms with E-state index in [0.717, 1.165) is 19.0 Å². The Morgan fingerprint density at radius 3 is 3.00 bits per heavy atom. The SMILES string of the molecule is C=C1C[C@@H]2CCCCN2Cc2ccccc21. The zero-order chi connectivity index (χ0) is 11.0. The zero-order valence-electron chi connectivity index (χ0n) is 9.78. The molecule has 0 N–H and O–H groups in total. The van der Waals surface area contributed by atoms with Gasteiger partial charge >= 0.3 is 0 Å². The van der Waals surface area contributed by atoms with Crippen molar-refractivity contribution in [1.29, 1.82) is 0 Å². The Balaban J connectivity index is 1.97. The minimum absolute atomic E-state index is 0.744. The first-order chi connectivity index (χ1) is 7.84. The van der Waals surface area contributed by atoms with E-state index in [4.69, 9.17) is 0 Å². The Morgan fingerprint density at radius 1 is 1.19 bits per heavy atom. The van der Waals surface area contributed by atoms with E-state index >= 15 is 0 Å². The smallest absolute Gasteiger partial charge is 0.0242 e. The molecule has 0 bridgehead atoms. The lowest BCUT2D eigenvalue weighted by Gasteiger charge is -2.34. The van der Waals surface area contributed by atoms with Crippen molar-refractivity contribution in [2.24, 2.45) is 0 Å². The summed E-state index contributed by atoms with van der Waals surface area (Å²) >= 11 is 0. The van der Waals surface area contributed by atoms with Gasteiger partial charge in [0, 0.05) is 12.6 Å². The number of fused-ring (bicyclic) bond motifs is 2.